The number of benzene rings is 1. The van der Waals surface area contributed by atoms with Gasteiger partial charge in [-0.3, -0.25) is 0 Å². The zero-order chi connectivity index (χ0) is 22.5. The molecule has 1 saturated carbocycles. The Bertz CT molecular complexity index is 843. The van der Waals surface area contributed by atoms with Crippen LogP contribution in [0.1, 0.15) is 56.0 Å². The Kier molecular flexibility index (Phi) is 7.59. The summed E-state index contributed by atoms with van der Waals surface area (Å²) in [7, 11) is -0.202. The minimum Gasteiger partial charge on any atom is -0.465 e. The van der Waals surface area contributed by atoms with Crippen molar-refractivity contribution in [2.75, 3.05) is 12.4 Å². The second-order valence-electron chi connectivity index (χ2n) is 9.75. The molecule has 1 aromatic carbocycles. The average molecular weight is 431 g/mol. The quantitative estimate of drug-likeness (QED) is 0.416. The number of hydrogen-bond donors (Lipinski definition) is 2. The maximum Gasteiger partial charge on any atom is 0.407 e. The van der Waals surface area contributed by atoms with E-state index in [1.807, 2.05) is 26.8 Å². The predicted molar refractivity (Wildman–Crippen MR) is 122 cm³/mol. The first-order valence-corrected chi connectivity index (χ1v) is 13.9. The van der Waals surface area contributed by atoms with Crippen molar-refractivity contribution in [2.45, 2.75) is 77.4 Å². The summed E-state index contributed by atoms with van der Waals surface area (Å²) in [6, 6.07) is 5.70. The van der Waals surface area contributed by atoms with Crippen LogP contribution in [-0.4, -0.2) is 44.9 Å². The molecule has 0 saturated heterocycles. The maximum atomic E-state index is 12.0. The molecule has 1 aliphatic carbocycles. The van der Waals surface area contributed by atoms with Crippen LogP contribution in [0.15, 0.2) is 18.2 Å². The van der Waals surface area contributed by atoms with Crippen molar-refractivity contribution in [3.63, 3.8) is 0 Å². The minimum absolute atomic E-state index is 0.0724. The number of rotatable bonds is 4. The summed E-state index contributed by atoms with van der Waals surface area (Å²) in [6.07, 6.45) is 2.24. The van der Waals surface area contributed by atoms with Crippen LogP contribution in [0.5, 0.6) is 0 Å². The van der Waals surface area contributed by atoms with E-state index >= 15 is 0 Å². The normalized spacial score (nSPS) is 18.8. The fraction of sp³-hybridized carbons (Fsp3) is 0.565. The Morgan fingerprint density at radius 2 is 1.80 bits per heavy atom. The second-order valence-corrected chi connectivity index (χ2v) is 14.5. The van der Waals surface area contributed by atoms with Crippen molar-refractivity contribution in [2.24, 2.45) is 0 Å². The van der Waals surface area contributed by atoms with Gasteiger partial charge in [0.25, 0.3) is 0 Å². The molecule has 6 nitrogen and oxygen atoms in total. The van der Waals surface area contributed by atoms with Crippen LogP contribution in [0.25, 0.3) is 0 Å². The monoisotopic (exact) mass is 430 g/mol. The third-order valence-electron chi connectivity index (χ3n) is 4.53. The Labute approximate surface area is 181 Å². The molecule has 2 N–H and O–H groups in total. The van der Waals surface area contributed by atoms with Gasteiger partial charge in [0.15, 0.2) is 0 Å². The molecule has 1 aliphatic rings. The van der Waals surface area contributed by atoms with E-state index in [0.29, 0.717) is 5.56 Å². The SMILES string of the molecule is COC(=O)c1ccc(N[C@H]2CC[C@@H](NC(=O)OC(C)(C)C)C2)c(C#C[Si](C)(C)C)c1. The number of hydrogen-bond acceptors (Lipinski definition) is 5. The molecule has 0 bridgehead atoms. The molecule has 0 spiro atoms. The van der Waals surface area contributed by atoms with Crippen LogP contribution >= 0.6 is 0 Å². The van der Waals surface area contributed by atoms with Crippen LogP contribution in [-0.2, 0) is 9.47 Å². The molecule has 0 heterocycles. The van der Waals surface area contributed by atoms with Crippen molar-refractivity contribution in [1.29, 1.82) is 0 Å². The molecule has 0 unspecified atom stereocenters. The molecule has 1 fully saturated rings. The summed E-state index contributed by atoms with van der Waals surface area (Å²) in [5.74, 6) is 2.89. The van der Waals surface area contributed by atoms with Crippen molar-refractivity contribution >= 4 is 25.8 Å². The zero-order valence-corrected chi connectivity index (χ0v) is 20.1. The molecular weight excluding hydrogens is 396 g/mol. The van der Waals surface area contributed by atoms with Gasteiger partial charge < -0.3 is 20.1 Å². The van der Waals surface area contributed by atoms with E-state index in [0.717, 1.165) is 30.5 Å². The van der Waals surface area contributed by atoms with E-state index in [2.05, 4.69) is 41.7 Å². The first kappa shape index (κ1) is 23.8. The Morgan fingerprint density at radius 1 is 1.13 bits per heavy atom. The molecule has 0 radical (unpaired) electrons. The molecule has 164 valence electrons. The molecule has 1 aromatic rings. The predicted octanol–water partition coefficient (Wildman–Crippen LogP) is 4.56. The zero-order valence-electron chi connectivity index (χ0n) is 19.1. The number of methoxy groups -OCH3 is 1. The summed E-state index contributed by atoms with van der Waals surface area (Å²) in [5, 5.41) is 6.51. The molecular formula is C23H34N2O4Si. The van der Waals surface area contributed by atoms with Gasteiger partial charge in [-0.1, -0.05) is 25.6 Å². The van der Waals surface area contributed by atoms with Crippen LogP contribution < -0.4 is 10.6 Å². The fourth-order valence-electron chi connectivity index (χ4n) is 3.21. The lowest BCUT2D eigenvalue weighted by atomic mass is 10.1. The Morgan fingerprint density at radius 3 is 2.40 bits per heavy atom. The van der Waals surface area contributed by atoms with Gasteiger partial charge in [-0.25, -0.2) is 9.59 Å². The smallest absolute Gasteiger partial charge is 0.407 e. The van der Waals surface area contributed by atoms with E-state index in [1.165, 1.54) is 7.11 Å². The molecule has 0 aromatic heterocycles. The summed E-state index contributed by atoms with van der Waals surface area (Å²) in [4.78, 5) is 24.0. The molecule has 0 aliphatic heterocycles. The third kappa shape index (κ3) is 7.75. The molecule has 30 heavy (non-hydrogen) atoms. The van der Waals surface area contributed by atoms with E-state index in [4.69, 9.17) is 9.47 Å². The lowest BCUT2D eigenvalue weighted by molar-refractivity contribution is 0.0504. The van der Waals surface area contributed by atoms with Gasteiger partial charge in [-0.15, -0.1) is 5.54 Å². The van der Waals surface area contributed by atoms with Gasteiger partial charge in [-0.2, -0.15) is 0 Å². The van der Waals surface area contributed by atoms with Crippen LogP contribution in [0.2, 0.25) is 19.6 Å². The minimum atomic E-state index is -1.58. The van der Waals surface area contributed by atoms with E-state index in [-0.39, 0.29) is 24.1 Å². The summed E-state index contributed by atoms with van der Waals surface area (Å²) in [5.41, 5.74) is 5.04. The summed E-state index contributed by atoms with van der Waals surface area (Å²) in [6.45, 7) is 12.1. The number of carbonyl (C=O) groups is 2. The maximum absolute atomic E-state index is 12.0. The highest BCUT2D eigenvalue weighted by molar-refractivity contribution is 6.83. The highest BCUT2D eigenvalue weighted by atomic mass is 28.3. The van der Waals surface area contributed by atoms with Crippen molar-refractivity contribution < 1.29 is 19.1 Å². The van der Waals surface area contributed by atoms with Crippen molar-refractivity contribution in [3.05, 3.63) is 29.3 Å². The van der Waals surface area contributed by atoms with Crippen molar-refractivity contribution in [1.82, 2.24) is 5.32 Å². The fourth-order valence-corrected chi connectivity index (χ4v) is 3.72. The second kappa shape index (κ2) is 9.56. The first-order valence-electron chi connectivity index (χ1n) is 10.4. The molecule has 2 rings (SSSR count). The largest absolute Gasteiger partial charge is 0.465 e. The van der Waals surface area contributed by atoms with Crippen molar-refractivity contribution in [3.8, 4) is 11.5 Å². The molecule has 1 amide bonds. The van der Waals surface area contributed by atoms with Crippen LogP contribution in [0.4, 0.5) is 10.5 Å². The number of ether oxygens (including phenoxy) is 2. The first-order chi connectivity index (χ1) is 13.9. The number of amides is 1. The van der Waals surface area contributed by atoms with Gasteiger partial charge in [0.1, 0.15) is 13.7 Å². The Balaban J connectivity index is 2.11. The number of alkyl carbamates (subject to hydrolysis) is 1. The van der Waals surface area contributed by atoms with Crippen LogP contribution in [0.3, 0.4) is 0 Å². The van der Waals surface area contributed by atoms with E-state index < -0.39 is 13.7 Å². The van der Waals surface area contributed by atoms with E-state index in [9.17, 15) is 9.59 Å². The highest BCUT2D eigenvalue weighted by Gasteiger charge is 2.28. The lowest BCUT2D eigenvalue weighted by Crippen LogP contribution is -2.38. The lowest BCUT2D eigenvalue weighted by Gasteiger charge is -2.22. The molecule has 7 heteroatoms. The Hall–Kier alpha value is -2.46. The summed E-state index contributed by atoms with van der Waals surface area (Å²) < 4.78 is 10.2. The summed E-state index contributed by atoms with van der Waals surface area (Å²) >= 11 is 0. The number of nitrogens with one attached hydrogen (secondary N) is 2. The van der Waals surface area contributed by atoms with Gasteiger partial charge in [-0.05, 0) is 58.2 Å². The number of anilines is 1. The van der Waals surface area contributed by atoms with Gasteiger partial charge in [0.2, 0.25) is 0 Å². The number of carbonyl (C=O) groups excluding carboxylic acids is 2. The topological polar surface area (TPSA) is 76.7 Å². The van der Waals surface area contributed by atoms with Gasteiger partial charge in [0.05, 0.1) is 18.4 Å². The highest BCUT2D eigenvalue weighted by Crippen LogP contribution is 2.26. The van der Waals surface area contributed by atoms with Gasteiger partial charge in [0, 0.05) is 17.6 Å². The average Bonchev–Trinajstić information content (AvgIpc) is 3.04. The number of esters is 1. The van der Waals surface area contributed by atoms with Crippen LogP contribution in [0, 0.1) is 11.5 Å². The van der Waals surface area contributed by atoms with Gasteiger partial charge >= 0.3 is 12.1 Å². The third-order valence-corrected chi connectivity index (χ3v) is 5.40. The standard InChI is InChI=1S/C23H34N2O4Si/c1-23(2,3)29-22(27)25-19-10-9-18(15-19)24-20-11-8-17(21(26)28-4)14-16(20)12-13-30(5,6)7/h8,11,14,18-19,24H,9-10,15H2,1-7H3,(H,25,27)/t18-,19+/m0/s1. The molecule has 2 atom stereocenters. The van der Waals surface area contributed by atoms with E-state index in [1.54, 1.807) is 12.1 Å².